The summed E-state index contributed by atoms with van der Waals surface area (Å²) in [4.78, 5) is 24.1. The molecule has 17 heavy (non-hydrogen) atoms. The first-order chi connectivity index (χ1) is 7.91. The molecule has 1 aliphatic rings. The molecule has 1 heterocycles. The topological polar surface area (TPSA) is 57.6 Å². The Hall–Kier alpha value is -0.710. The van der Waals surface area contributed by atoms with Gasteiger partial charge >= 0.3 is 5.97 Å². The van der Waals surface area contributed by atoms with Crippen molar-refractivity contribution in [2.45, 2.75) is 44.3 Å². The van der Waals surface area contributed by atoms with Crippen LogP contribution >= 0.6 is 11.8 Å². The van der Waals surface area contributed by atoms with E-state index in [4.69, 9.17) is 5.11 Å². The lowest BCUT2D eigenvalue weighted by Gasteiger charge is -2.37. The molecular formula is C12H21NO3S. The van der Waals surface area contributed by atoms with Crippen molar-refractivity contribution in [2.75, 3.05) is 18.8 Å². The number of nitrogens with zero attached hydrogens (tertiary/aromatic N) is 1. The first-order valence-electron chi connectivity index (χ1n) is 6.04. The van der Waals surface area contributed by atoms with Crippen molar-refractivity contribution in [3.63, 3.8) is 0 Å². The Morgan fingerprint density at radius 3 is 2.53 bits per heavy atom. The predicted molar refractivity (Wildman–Crippen MR) is 69.2 cm³/mol. The normalized spacial score (nSPS) is 19.1. The Morgan fingerprint density at radius 1 is 1.29 bits per heavy atom. The summed E-state index contributed by atoms with van der Waals surface area (Å²) in [6, 6.07) is 0. The lowest BCUT2D eigenvalue weighted by molar-refractivity contribution is -0.137. The van der Waals surface area contributed by atoms with Crippen molar-refractivity contribution < 1.29 is 14.7 Å². The van der Waals surface area contributed by atoms with Gasteiger partial charge in [0.2, 0.25) is 5.91 Å². The van der Waals surface area contributed by atoms with E-state index in [0.717, 1.165) is 18.8 Å². The third-order valence-corrected chi connectivity index (χ3v) is 4.11. The predicted octanol–water partition coefficient (Wildman–Crippen LogP) is 1.99. The summed E-state index contributed by atoms with van der Waals surface area (Å²) < 4.78 is 0.148. The van der Waals surface area contributed by atoms with Crippen LogP contribution in [-0.4, -0.2) is 45.5 Å². The fraction of sp³-hybridized carbons (Fsp3) is 0.833. The third-order valence-electron chi connectivity index (χ3n) is 2.81. The number of thioether (sulfide) groups is 1. The average Bonchev–Trinajstić information content (AvgIpc) is 2.22. The fourth-order valence-electron chi connectivity index (χ4n) is 1.94. The molecule has 0 saturated carbocycles. The quantitative estimate of drug-likeness (QED) is 0.767. The second-order valence-electron chi connectivity index (χ2n) is 5.02. The maximum atomic E-state index is 11.9. The molecule has 0 unspecified atom stereocenters. The number of carbonyl (C=O) groups excluding carboxylic acids is 1. The summed E-state index contributed by atoms with van der Waals surface area (Å²) >= 11 is 1.90. The van der Waals surface area contributed by atoms with Crippen molar-refractivity contribution in [2.24, 2.45) is 0 Å². The fourth-order valence-corrected chi connectivity index (χ4v) is 3.05. The van der Waals surface area contributed by atoms with E-state index in [1.54, 1.807) is 0 Å². The summed E-state index contributed by atoms with van der Waals surface area (Å²) in [6.45, 7) is 5.93. The molecule has 0 radical (unpaired) electrons. The molecule has 1 amide bonds. The molecule has 0 atom stereocenters. The number of aliphatic carboxylic acids is 1. The highest BCUT2D eigenvalue weighted by molar-refractivity contribution is 8.00. The Labute approximate surface area is 107 Å². The first kappa shape index (κ1) is 14.4. The SMILES string of the molecule is CC1(C)CN(C(=O)CCCCC(=O)O)CCS1. The van der Waals surface area contributed by atoms with Gasteiger partial charge in [0.25, 0.3) is 0 Å². The van der Waals surface area contributed by atoms with Gasteiger partial charge in [-0.05, 0) is 26.7 Å². The number of carbonyl (C=O) groups is 2. The maximum absolute atomic E-state index is 11.9. The molecule has 0 aromatic heterocycles. The number of carboxylic acid groups (broad SMARTS) is 1. The van der Waals surface area contributed by atoms with E-state index in [-0.39, 0.29) is 17.1 Å². The van der Waals surface area contributed by atoms with Gasteiger partial charge in [-0.2, -0.15) is 11.8 Å². The van der Waals surface area contributed by atoms with E-state index in [1.807, 2.05) is 16.7 Å². The molecule has 1 N–H and O–H groups in total. The van der Waals surface area contributed by atoms with Gasteiger partial charge in [-0.1, -0.05) is 0 Å². The van der Waals surface area contributed by atoms with Crippen molar-refractivity contribution >= 4 is 23.6 Å². The minimum Gasteiger partial charge on any atom is -0.481 e. The van der Waals surface area contributed by atoms with Gasteiger partial charge in [-0.3, -0.25) is 9.59 Å². The van der Waals surface area contributed by atoms with Crippen LogP contribution in [0.25, 0.3) is 0 Å². The number of amides is 1. The molecule has 5 heteroatoms. The first-order valence-corrected chi connectivity index (χ1v) is 7.03. The molecule has 1 saturated heterocycles. The molecule has 0 bridgehead atoms. The summed E-state index contributed by atoms with van der Waals surface area (Å²) in [6.07, 6.45) is 1.91. The van der Waals surface area contributed by atoms with Crippen LogP contribution in [0.4, 0.5) is 0 Å². The van der Waals surface area contributed by atoms with Gasteiger partial charge in [0.1, 0.15) is 0 Å². The molecule has 98 valence electrons. The third kappa shape index (κ3) is 5.44. The second-order valence-corrected chi connectivity index (χ2v) is 6.83. The summed E-state index contributed by atoms with van der Waals surface area (Å²) in [5.74, 6) is 0.380. The van der Waals surface area contributed by atoms with E-state index >= 15 is 0 Å². The summed E-state index contributed by atoms with van der Waals surface area (Å²) in [5, 5.41) is 8.50. The van der Waals surface area contributed by atoms with Crippen molar-refractivity contribution in [1.82, 2.24) is 4.90 Å². The minimum absolute atomic E-state index is 0.148. The molecule has 4 nitrogen and oxygen atoms in total. The Balaban J connectivity index is 2.25. The zero-order valence-corrected chi connectivity index (χ0v) is 11.4. The standard InChI is InChI=1S/C12H21NO3S/c1-12(2)9-13(7-8-17-12)10(14)5-3-4-6-11(15)16/h3-9H2,1-2H3,(H,15,16). The Kier molecular flexibility index (Phi) is 5.31. The maximum Gasteiger partial charge on any atom is 0.303 e. The lowest BCUT2D eigenvalue weighted by Crippen LogP contribution is -2.46. The number of unbranched alkanes of at least 4 members (excludes halogenated alkanes) is 1. The molecule has 1 aliphatic heterocycles. The van der Waals surface area contributed by atoms with Gasteiger partial charge in [0, 0.05) is 36.4 Å². The van der Waals surface area contributed by atoms with Crippen molar-refractivity contribution in [3.05, 3.63) is 0 Å². The zero-order chi connectivity index (χ0) is 12.9. The second kappa shape index (κ2) is 6.28. The molecule has 1 fully saturated rings. The van der Waals surface area contributed by atoms with Crippen molar-refractivity contribution in [3.8, 4) is 0 Å². The Bertz CT molecular complexity index is 291. The number of hydrogen-bond donors (Lipinski definition) is 1. The van der Waals surface area contributed by atoms with Crippen LogP contribution in [0.15, 0.2) is 0 Å². The van der Waals surface area contributed by atoms with E-state index in [2.05, 4.69) is 13.8 Å². The lowest BCUT2D eigenvalue weighted by atomic mass is 10.1. The average molecular weight is 259 g/mol. The largest absolute Gasteiger partial charge is 0.481 e. The monoisotopic (exact) mass is 259 g/mol. The van der Waals surface area contributed by atoms with Gasteiger partial charge in [0.05, 0.1) is 0 Å². The summed E-state index contributed by atoms with van der Waals surface area (Å²) in [7, 11) is 0. The Morgan fingerprint density at radius 2 is 1.94 bits per heavy atom. The van der Waals surface area contributed by atoms with Crippen LogP contribution in [0.3, 0.4) is 0 Å². The van der Waals surface area contributed by atoms with E-state index in [1.165, 1.54) is 0 Å². The molecule has 1 rings (SSSR count). The van der Waals surface area contributed by atoms with Crippen LogP contribution in [0.5, 0.6) is 0 Å². The van der Waals surface area contributed by atoms with Crippen LogP contribution in [-0.2, 0) is 9.59 Å². The highest BCUT2D eigenvalue weighted by atomic mass is 32.2. The van der Waals surface area contributed by atoms with Crippen LogP contribution in [0.2, 0.25) is 0 Å². The van der Waals surface area contributed by atoms with E-state index < -0.39 is 5.97 Å². The van der Waals surface area contributed by atoms with Gasteiger partial charge in [-0.15, -0.1) is 0 Å². The van der Waals surface area contributed by atoms with E-state index in [9.17, 15) is 9.59 Å². The smallest absolute Gasteiger partial charge is 0.303 e. The highest BCUT2D eigenvalue weighted by Crippen LogP contribution is 2.29. The van der Waals surface area contributed by atoms with Crippen molar-refractivity contribution in [1.29, 1.82) is 0 Å². The molecule has 0 aromatic carbocycles. The number of hydrogen-bond acceptors (Lipinski definition) is 3. The van der Waals surface area contributed by atoms with Crippen LogP contribution in [0, 0.1) is 0 Å². The van der Waals surface area contributed by atoms with Gasteiger partial charge < -0.3 is 10.0 Å². The molecular weight excluding hydrogens is 238 g/mol. The van der Waals surface area contributed by atoms with E-state index in [0.29, 0.717) is 19.3 Å². The number of carboxylic acids is 1. The van der Waals surface area contributed by atoms with Crippen LogP contribution < -0.4 is 0 Å². The summed E-state index contributed by atoms with van der Waals surface area (Å²) in [5.41, 5.74) is 0. The van der Waals surface area contributed by atoms with Crippen LogP contribution in [0.1, 0.15) is 39.5 Å². The number of rotatable bonds is 5. The zero-order valence-electron chi connectivity index (χ0n) is 10.6. The molecule has 0 aliphatic carbocycles. The van der Waals surface area contributed by atoms with Gasteiger partial charge in [-0.25, -0.2) is 0 Å². The minimum atomic E-state index is -0.784. The molecule has 0 spiro atoms. The highest BCUT2D eigenvalue weighted by Gasteiger charge is 2.29. The molecule has 0 aromatic rings. The van der Waals surface area contributed by atoms with Gasteiger partial charge in [0.15, 0.2) is 0 Å².